The summed E-state index contributed by atoms with van der Waals surface area (Å²) in [6, 6.07) is 25.5. The van der Waals surface area contributed by atoms with E-state index in [1.54, 1.807) is 11.1 Å². The molecule has 0 bridgehead atoms. The first-order chi connectivity index (χ1) is 24.0. The van der Waals surface area contributed by atoms with E-state index < -0.39 is 57.2 Å². The lowest BCUT2D eigenvalue weighted by Gasteiger charge is -2.51. The zero-order valence-corrected chi connectivity index (χ0v) is 44.4. The molecule has 0 aromatic heterocycles. The Balaban J connectivity index is 2.11. The Labute approximate surface area is 334 Å². The Bertz CT molecular complexity index is 1710. The van der Waals surface area contributed by atoms with E-state index in [4.69, 9.17) is 4.74 Å². The molecule has 0 saturated heterocycles. The van der Waals surface area contributed by atoms with Crippen molar-refractivity contribution in [3.05, 3.63) is 100 Å². The molecule has 0 N–H and O–H groups in total. The van der Waals surface area contributed by atoms with E-state index in [1.807, 2.05) is 16.3 Å². The number of para-hydroxylation sites is 2. The lowest BCUT2D eigenvalue weighted by Crippen LogP contribution is -2.60. The molecule has 0 amide bonds. The summed E-state index contributed by atoms with van der Waals surface area (Å²) < 4.78 is 6.85. The summed E-state index contributed by atoms with van der Waals surface area (Å²) in [5.41, 5.74) is 9.90. The lowest BCUT2D eigenvalue weighted by atomic mass is 9.83. The van der Waals surface area contributed by atoms with Crippen molar-refractivity contribution in [3.8, 4) is 11.5 Å². The molecule has 3 aromatic carbocycles. The van der Waals surface area contributed by atoms with E-state index in [0.717, 1.165) is 23.1 Å². The Hall–Kier alpha value is -1.28. The molecule has 2 aliphatic rings. The molecular formula is C45H75OSi7. The molecule has 0 atom stereocenters. The topological polar surface area (TPSA) is 9.23 Å². The summed E-state index contributed by atoms with van der Waals surface area (Å²) >= 11 is 0. The summed E-state index contributed by atoms with van der Waals surface area (Å²) in [7, 11) is -11.2. The number of hydrogen-bond donors (Lipinski definition) is 0. The first-order valence-corrected chi connectivity index (χ1v) is 43.7. The maximum atomic E-state index is 6.85. The van der Waals surface area contributed by atoms with Crippen molar-refractivity contribution in [2.75, 3.05) is 0 Å². The Morgan fingerprint density at radius 2 is 0.887 bits per heavy atom. The van der Waals surface area contributed by atoms with Gasteiger partial charge in [0.05, 0.1) is 0 Å². The summed E-state index contributed by atoms with van der Waals surface area (Å²) in [6.45, 7) is 51.1. The molecule has 0 fully saturated rings. The first-order valence-electron chi connectivity index (χ1n) is 20.6. The highest BCUT2D eigenvalue weighted by molar-refractivity contribution is 6.98. The van der Waals surface area contributed by atoms with Gasteiger partial charge in [-0.05, 0) is 52.6 Å². The Morgan fingerprint density at radius 3 is 1.25 bits per heavy atom. The Kier molecular flexibility index (Phi) is 11.5. The van der Waals surface area contributed by atoms with Crippen molar-refractivity contribution in [1.82, 2.24) is 0 Å². The number of hydrogen-bond acceptors (Lipinski definition) is 1. The highest BCUT2D eigenvalue weighted by Gasteiger charge is 2.55. The summed E-state index contributed by atoms with van der Waals surface area (Å²) in [4.78, 5) is 0. The zero-order valence-electron chi connectivity index (χ0n) is 37.4. The highest BCUT2D eigenvalue weighted by atomic mass is 28.4. The molecule has 2 heterocycles. The molecule has 1 nitrogen and oxygen atoms in total. The van der Waals surface area contributed by atoms with Crippen molar-refractivity contribution < 1.29 is 4.74 Å². The molecule has 0 saturated carbocycles. The van der Waals surface area contributed by atoms with Crippen molar-refractivity contribution in [3.63, 3.8) is 0 Å². The number of ether oxygens (including phenoxy) is 1. The third-order valence-corrected chi connectivity index (χ3v) is 44.1. The molecule has 1 radical (unpaired) electrons. The minimum atomic E-state index is -1.69. The number of fused-ring (bicyclic) bond motifs is 4. The van der Waals surface area contributed by atoms with E-state index >= 15 is 0 Å². The van der Waals surface area contributed by atoms with Crippen molar-refractivity contribution in [1.29, 1.82) is 0 Å². The van der Waals surface area contributed by atoms with Crippen LogP contribution in [0.15, 0.2) is 72.3 Å². The molecule has 53 heavy (non-hydrogen) atoms. The monoisotopic (exact) mass is 827 g/mol. The van der Waals surface area contributed by atoms with Crippen LogP contribution in [0.4, 0.5) is 0 Å². The molecule has 0 aliphatic carbocycles. The van der Waals surface area contributed by atoms with Gasteiger partial charge in [0, 0.05) is 64.6 Å². The third kappa shape index (κ3) is 8.26. The van der Waals surface area contributed by atoms with Gasteiger partial charge in [0.15, 0.2) is 0 Å². The molecule has 5 rings (SSSR count). The SMILES string of the molecule is CC1=CCC2(c3ccccc3Oc3ccccc32)[Si](c2c(C([Si](C)(C)C)[Si](C)(C)C)cc(C([Si](C)(C)C)[Si](C)(C)C)cc2C([Si](C)(C)C)[Si](C)(C)C)C1. The summed E-state index contributed by atoms with van der Waals surface area (Å²) in [6.07, 6.45) is 3.68. The minimum Gasteiger partial charge on any atom is -0.457 e. The Morgan fingerprint density at radius 1 is 0.528 bits per heavy atom. The lowest BCUT2D eigenvalue weighted by molar-refractivity contribution is 0.431. The normalized spacial score (nSPS) is 17.3. The predicted molar refractivity (Wildman–Crippen MR) is 257 cm³/mol. The molecular weight excluding hydrogens is 753 g/mol. The van der Waals surface area contributed by atoms with Gasteiger partial charge in [-0.15, -0.1) is 0 Å². The third-order valence-electron chi connectivity index (χ3n) is 12.3. The number of allylic oxidation sites excluding steroid dienone is 2. The largest absolute Gasteiger partial charge is 0.457 e. The maximum absolute atomic E-state index is 6.85. The van der Waals surface area contributed by atoms with Gasteiger partial charge in [0.25, 0.3) is 0 Å². The summed E-state index contributed by atoms with van der Waals surface area (Å²) in [5, 5.41) is 3.88. The number of benzene rings is 3. The van der Waals surface area contributed by atoms with Gasteiger partial charge in [0.1, 0.15) is 20.3 Å². The van der Waals surface area contributed by atoms with Gasteiger partial charge in [0.2, 0.25) is 0 Å². The zero-order chi connectivity index (χ0) is 39.9. The predicted octanol–water partition coefficient (Wildman–Crippen LogP) is 13.9. The molecule has 0 unspecified atom stereocenters. The molecule has 3 aromatic rings. The average molecular weight is 829 g/mol. The number of rotatable bonds is 10. The van der Waals surface area contributed by atoms with Crippen LogP contribution in [0.25, 0.3) is 0 Å². The van der Waals surface area contributed by atoms with Gasteiger partial charge in [-0.2, -0.15) is 0 Å². The second kappa shape index (κ2) is 14.3. The molecule has 8 heteroatoms. The highest BCUT2D eigenvalue weighted by Crippen LogP contribution is 2.55. The van der Waals surface area contributed by atoms with Crippen LogP contribution in [0.3, 0.4) is 0 Å². The van der Waals surface area contributed by atoms with Crippen molar-refractivity contribution in [2.45, 2.75) is 158 Å². The standard InChI is InChI=1S/C45H75OSi7/c1-33-28-29-45(37-24-20-22-26-39(37)46-40-27-23-21-25-38(40)45)47(32-33)41-35(43(50(8,9)10)51(11,12)13)30-34(42(48(2,3)4)49(5,6)7)31-36(41)44(52(14,15)16)53(17,18)19/h20-28,30-31,42-44H,29,32H2,1-19H3. The van der Waals surface area contributed by atoms with Crippen LogP contribution in [0, 0.1) is 0 Å². The summed E-state index contributed by atoms with van der Waals surface area (Å²) in [5.74, 6) is 2.16. The minimum absolute atomic E-state index is 0.0928. The van der Waals surface area contributed by atoms with E-state index in [9.17, 15) is 0 Å². The fourth-order valence-electron chi connectivity index (χ4n) is 12.3. The van der Waals surface area contributed by atoms with Crippen LogP contribution >= 0.6 is 0 Å². The van der Waals surface area contributed by atoms with Crippen molar-refractivity contribution in [2.24, 2.45) is 0 Å². The first kappa shape index (κ1) is 42.9. The maximum Gasteiger partial charge on any atom is 0.131 e. The smallest absolute Gasteiger partial charge is 0.131 e. The second-order valence-corrected chi connectivity index (χ2v) is 59.7. The fraction of sp³-hybridized carbons (Fsp3) is 0.556. The quantitative estimate of drug-likeness (QED) is 0.146. The van der Waals surface area contributed by atoms with Crippen LogP contribution in [-0.2, 0) is 5.04 Å². The van der Waals surface area contributed by atoms with Gasteiger partial charge in [-0.25, -0.2) is 0 Å². The van der Waals surface area contributed by atoms with Gasteiger partial charge < -0.3 is 4.74 Å². The molecule has 2 aliphatic heterocycles. The van der Waals surface area contributed by atoms with Crippen LogP contribution in [0.1, 0.15) is 56.7 Å². The molecule has 289 valence electrons. The fourth-order valence-corrected chi connectivity index (χ4v) is 55.2. The van der Waals surface area contributed by atoms with Gasteiger partial charge in [-0.3, -0.25) is 0 Å². The van der Waals surface area contributed by atoms with E-state index in [2.05, 4.69) is 192 Å². The van der Waals surface area contributed by atoms with Crippen molar-refractivity contribution >= 4 is 62.4 Å². The second-order valence-electron chi connectivity index (χ2n) is 23.5. The van der Waals surface area contributed by atoms with Crippen LogP contribution in [-0.4, -0.2) is 57.2 Å². The van der Waals surface area contributed by atoms with Crippen LogP contribution in [0.2, 0.25) is 124 Å². The average Bonchev–Trinajstić information content (AvgIpc) is 2.94. The van der Waals surface area contributed by atoms with Crippen LogP contribution < -0.4 is 9.92 Å². The van der Waals surface area contributed by atoms with Crippen LogP contribution in [0.5, 0.6) is 11.5 Å². The van der Waals surface area contributed by atoms with Gasteiger partial charge in [-0.1, -0.05) is 194 Å². The molecule has 1 spiro atoms. The van der Waals surface area contributed by atoms with Gasteiger partial charge >= 0.3 is 0 Å². The van der Waals surface area contributed by atoms with E-state index in [1.165, 1.54) is 17.2 Å². The van der Waals surface area contributed by atoms with E-state index in [0.29, 0.717) is 10.3 Å². The van der Waals surface area contributed by atoms with E-state index in [-0.39, 0.29) is 5.04 Å².